The van der Waals surface area contributed by atoms with Crippen molar-refractivity contribution in [2.45, 2.75) is 56.8 Å². The molecule has 1 rings (SSSR count). The Morgan fingerprint density at radius 1 is 1.17 bits per heavy atom. The molecular weight excluding hydrogens is 306 g/mol. The van der Waals surface area contributed by atoms with Crippen molar-refractivity contribution in [3.05, 3.63) is 20.9 Å². The molecular formula is C12H19N7O4. The van der Waals surface area contributed by atoms with Gasteiger partial charge in [-0.05, 0) is 44.7 Å². The fourth-order valence-electron chi connectivity index (χ4n) is 2.45. The van der Waals surface area contributed by atoms with Gasteiger partial charge in [-0.25, -0.2) is 9.59 Å². The average Bonchev–Trinajstić information content (AvgIpc) is 2.75. The van der Waals surface area contributed by atoms with Crippen molar-refractivity contribution >= 4 is 12.1 Å². The summed E-state index contributed by atoms with van der Waals surface area (Å²) in [6.45, 7) is 5.03. The number of rotatable bonds is 4. The maximum Gasteiger partial charge on any atom is 0.408 e. The molecule has 0 aromatic heterocycles. The van der Waals surface area contributed by atoms with Gasteiger partial charge in [0, 0.05) is 21.9 Å². The quantitative estimate of drug-likeness (QED) is 0.363. The van der Waals surface area contributed by atoms with Crippen LogP contribution in [0.4, 0.5) is 4.79 Å². The van der Waals surface area contributed by atoms with E-state index >= 15 is 0 Å². The molecule has 0 radical (unpaired) electrons. The van der Waals surface area contributed by atoms with E-state index in [1.165, 1.54) is 7.11 Å². The van der Waals surface area contributed by atoms with Crippen LogP contribution in [-0.4, -0.2) is 42.4 Å². The number of methoxy groups -OCH3 is 1. The number of hydrogen-bond donors (Lipinski definition) is 1. The summed E-state index contributed by atoms with van der Waals surface area (Å²) in [5, 5.41) is 9.54. The summed E-state index contributed by atoms with van der Waals surface area (Å²) >= 11 is 0. The normalized spacial score (nSPS) is 26.4. The zero-order chi connectivity index (χ0) is 17.7. The van der Waals surface area contributed by atoms with Gasteiger partial charge in [-0.1, -0.05) is 10.2 Å². The zero-order valence-corrected chi connectivity index (χ0v) is 13.4. The third kappa shape index (κ3) is 4.67. The molecule has 0 bridgehead atoms. The van der Waals surface area contributed by atoms with E-state index in [4.69, 9.17) is 20.5 Å². The maximum atomic E-state index is 12.2. The number of nitrogens with zero attached hydrogens (tertiary/aromatic N) is 6. The highest BCUT2D eigenvalue weighted by atomic mass is 16.6. The Balaban J connectivity index is 3.09. The second-order valence-corrected chi connectivity index (χ2v) is 6.15. The molecule has 1 saturated carbocycles. The minimum atomic E-state index is -1.48. The Bertz CT molecular complexity index is 546. The number of nitrogens with one attached hydrogen (secondary N) is 1. The predicted molar refractivity (Wildman–Crippen MR) is 79.2 cm³/mol. The Hall–Kier alpha value is -2.64. The zero-order valence-electron chi connectivity index (χ0n) is 13.4. The molecule has 1 fully saturated rings. The van der Waals surface area contributed by atoms with E-state index < -0.39 is 35.3 Å². The van der Waals surface area contributed by atoms with Crippen molar-refractivity contribution in [3.63, 3.8) is 0 Å². The van der Waals surface area contributed by atoms with Crippen molar-refractivity contribution in [2.24, 2.45) is 10.2 Å². The van der Waals surface area contributed by atoms with Crippen LogP contribution in [0.1, 0.15) is 33.6 Å². The molecule has 0 aromatic rings. The van der Waals surface area contributed by atoms with Crippen molar-refractivity contribution in [1.29, 1.82) is 0 Å². The molecule has 126 valence electrons. The van der Waals surface area contributed by atoms with Gasteiger partial charge < -0.3 is 14.8 Å². The molecule has 1 N–H and O–H groups in total. The minimum Gasteiger partial charge on any atom is -0.467 e. The van der Waals surface area contributed by atoms with Crippen LogP contribution in [0, 0.1) is 0 Å². The van der Waals surface area contributed by atoms with Crippen LogP contribution in [-0.2, 0) is 14.3 Å². The summed E-state index contributed by atoms with van der Waals surface area (Å²) in [5.74, 6) is -0.725. The van der Waals surface area contributed by atoms with Crippen molar-refractivity contribution in [2.75, 3.05) is 7.11 Å². The first-order valence-corrected chi connectivity index (χ1v) is 6.85. The first-order chi connectivity index (χ1) is 10.7. The molecule has 0 spiro atoms. The summed E-state index contributed by atoms with van der Waals surface area (Å²) in [6.07, 6.45) is -0.913. The van der Waals surface area contributed by atoms with Gasteiger partial charge in [-0.2, -0.15) is 0 Å². The van der Waals surface area contributed by atoms with Crippen LogP contribution in [0.3, 0.4) is 0 Å². The standard InChI is InChI=1S/C12H19N7O4/c1-11(2,3)23-10(21)15-12(9(20)22-4)5-7(16-18-13)8(6-12)17-19-14/h7-8H,5-6H2,1-4H3,(H,15,21)/t7-,8-/m1/s1. The molecule has 0 unspecified atom stereocenters. The first-order valence-electron chi connectivity index (χ1n) is 6.85. The van der Waals surface area contributed by atoms with Crippen LogP contribution >= 0.6 is 0 Å². The molecule has 11 heteroatoms. The second-order valence-electron chi connectivity index (χ2n) is 6.15. The number of amides is 1. The van der Waals surface area contributed by atoms with Gasteiger partial charge >= 0.3 is 12.1 Å². The van der Waals surface area contributed by atoms with Crippen molar-refractivity contribution in [3.8, 4) is 0 Å². The number of carbonyl (C=O) groups excluding carboxylic acids is 2. The van der Waals surface area contributed by atoms with Crippen molar-refractivity contribution in [1.82, 2.24) is 5.32 Å². The summed E-state index contributed by atoms with van der Waals surface area (Å²) in [6, 6.07) is -1.55. The summed E-state index contributed by atoms with van der Waals surface area (Å²) in [5.41, 5.74) is 15.0. The SMILES string of the molecule is COC(=O)C1(NC(=O)OC(C)(C)C)C[C@@H](N=[N+]=[N-])[C@H](N=[N+]=[N-])C1. The van der Waals surface area contributed by atoms with E-state index in [2.05, 4.69) is 25.4 Å². The van der Waals surface area contributed by atoms with Crippen LogP contribution in [0.5, 0.6) is 0 Å². The lowest BCUT2D eigenvalue weighted by Gasteiger charge is -2.29. The minimum absolute atomic E-state index is 0.0489. The monoisotopic (exact) mass is 325 g/mol. The topological polar surface area (TPSA) is 162 Å². The Labute approximate surface area is 132 Å². The number of carbonyl (C=O) groups is 2. The summed E-state index contributed by atoms with van der Waals surface area (Å²) < 4.78 is 9.89. The maximum absolute atomic E-state index is 12.2. The third-order valence-electron chi connectivity index (χ3n) is 3.28. The summed E-state index contributed by atoms with van der Waals surface area (Å²) in [4.78, 5) is 29.6. The van der Waals surface area contributed by atoms with E-state index in [0.717, 1.165) is 0 Å². The predicted octanol–water partition coefficient (Wildman–Crippen LogP) is 2.57. The lowest BCUT2D eigenvalue weighted by molar-refractivity contribution is -0.148. The van der Waals surface area contributed by atoms with Crippen LogP contribution in [0.2, 0.25) is 0 Å². The molecule has 23 heavy (non-hydrogen) atoms. The highest BCUT2D eigenvalue weighted by Gasteiger charge is 2.52. The second kappa shape index (κ2) is 7.08. The molecule has 1 amide bonds. The smallest absolute Gasteiger partial charge is 0.408 e. The lowest BCUT2D eigenvalue weighted by Crippen LogP contribution is -2.54. The first kappa shape index (κ1) is 18.4. The molecule has 0 saturated heterocycles. The lowest BCUT2D eigenvalue weighted by atomic mass is 9.97. The van der Waals surface area contributed by atoms with Crippen LogP contribution in [0.25, 0.3) is 20.9 Å². The molecule has 0 heterocycles. The molecule has 11 nitrogen and oxygen atoms in total. The number of ether oxygens (including phenoxy) is 2. The Morgan fingerprint density at radius 2 is 1.65 bits per heavy atom. The van der Waals surface area contributed by atoms with Gasteiger partial charge in [0.05, 0.1) is 7.11 Å². The van der Waals surface area contributed by atoms with Gasteiger partial charge in [-0.3, -0.25) is 0 Å². The van der Waals surface area contributed by atoms with Crippen LogP contribution < -0.4 is 5.32 Å². The fourth-order valence-corrected chi connectivity index (χ4v) is 2.45. The number of esters is 1. The fraction of sp³-hybridized carbons (Fsp3) is 0.833. The number of azide groups is 2. The number of alkyl carbamates (subject to hydrolysis) is 1. The molecule has 1 aliphatic carbocycles. The molecule has 0 aromatic carbocycles. The van der Waals surface area contributed by atoms with E-state index in [1.54, 1.807) is 20.8 Å². The van der Waals surface area contributed by atoms with Crippen molar-refractivity contribution < 1.29 is 19.1 Å². The van der Waals surface area contributed by atoms with E-state index in [-0.39, 0.29) is 12.8 Å². The Morgan fingerprint density at radius 3 is 2.00 bits per heavy atom. The average molecular weight is 325 g/mol. The largest absolute Gasteiger partial charge is 0.467 e. The van der Waals surface area contributed by atoms with Gasteiger partial charge in [0.2, 0.25) is 0 Å². The third-order valence-corrected chi connectivity index (χ3v) is 3.28. The van der Waals surface area contributed by atoms with Gasteiger partial charge in [0.15, 0.2) is 0 Å². The highest BCUT2D eigenvalue weighted by molar-refractivity contribution is 5.86. The van der Waals surface area contributed by atoms with Crippen LogP contribution in [0.15, 0.2) is 10.2 Å². The molecule has 2 atom stereocenters. The Kier molecular flexibility index (Phi) is 5.67. The van der Waals surface area contributed by atoms with E-state index in [0.29, 0.717) is 0 Å². The van der Waals surface area contributed by atoms with E-state index in [1.807, 2.05) is 0 Å². The van der Waals surface area contributed by atoms with Gasteiger partial charge in [0.1, 0.15) is 11.1 Å². The van der Waals surface area contributed by atoms with E-state index in [9.17, 15) is 9.59 Å². The molecule has 1 aliphatic rings. The van der Waals surface area contributed by atoms with Gasteiger partial charge in [0.25, 0.3) is 0 Å². The number of hydrogen-bond acceptors (Lipinski definition) is 6. The highest BCUT2D eigenvalue weighted by Crippen LogP contribution is 2.36. The van der Waals surface area contributed by atoms with Gasteiger partial charge in [-0.15, -0.1) is 0 Å². The molecule has 0 aliphatic heterocycles. The summed E-state index contributed by atoms with van der Waals surface area (Å²) in [7, 11) is 1.17.